The molecule has 0 aliphatic carbocycles. The summed E-state index contributed by atoms with van der Waals surface area (Å²) >= 11 is 12.3. The van der Waals surface area contributed by atoms with Crippen LogP contribution >= 0.6 is 23.2 Å². The molecule has 152 valence electrons. The van der Waals surface area contributed by atoms with Crippen LogP contribution in [0.3, 0.4) is 0 Å². The second-order valence-corrected chi connectivity index (χ2v) is 7.11. The third-order valence-corrected chi connectivity index (χ3v) is 4.88. The zero-order valence-electron chi connectivity index (χ0n) is 15.4. The zero-order valence-corrected chi connectivity index (χ0v) is 16.9. The third kappa shape index (κ3) is 5.26. The summed E-state index contributed by atoms with van der Waals surface area (Å²) in [6, 6.07) is 10.6. The number of aliphatic hydroxyl groups excluding tert-OH is 1. The largest absolute Gasteiger partial charge is 0.491 e. The molecule has 1 unspecified atom stereocenters. The first-order valence-electron chi connectivity index (χ1n) is 8.70. The van der Waals surface area contributed by atoms with E-state index in [9.17, 15) is 14.3 Å². The highest BCUT2D eigenvalue weighted by atomic mass is 35.5. The lowest BCUT2D eigenvalue weighted by Gasteiger charge is -2.15. The number of aliphatic hydroxyl groups is 1. The number of benzene rings is 2. The Morgan fingerprint density at radius 3 is 2.66 bits per heavy atom. The summed E-state index contributed by atoms with van der Waals surface area (Å²) in [4.78, 5) is 12.5. The first kappa shape index (κ1) is 21.1. The van der Waals surface area contributed by atoms with E-state index in [0.717, 1.165) is 10.2 Å². The predicted molar refractivity (Wildman–Crippen MR) is 111 cm³/mol. The summed E-state index contributed by atoms with van der Waals surface area (Å²) in [5.74, 6) is 0.0638. The van der Waals surface area contributed by atoms with Crippen molar-refractivity contribution in [2.45, 2.75) is 13.0 Å². The second kappa shape index (κ2) is 9.26. The lowest BCUT2D eigenvalue weighted by molar-refractivity contribution is 0.117. The number of aryl methyl sites for hydroxylation is 1. The summed E-state index contributed by atoms with van der Waals surface area (Å²) in [6.45, 7) is 1.90. The van der Waals surface area contributed by atoms with E-state index in [1.54, 1.807) is 18.2 Å². The number of halogens is 3. The molecule has 0 aliphatic heterocycles. The maximum atomic E-state index is 12.9. The number of nitrogens with one attached hydrogen (secondary N) is 1. The number of ether oxygens (including phenoxy) is 1. The van der Waals surface area contributed by atoms with Gasteiger partial charge in [-0.15, -0.1) is 0 Å². The molecule has 6 nitrogen and oxygen atoms in total. The Labute approximate surface area is 176 Å². The molecule has 0 radical (unpaired) electrons. The molecule has 1 aromatic heterocycles. The molecule has 9 heteroatoms. The van der Waals surface area contributed by atoms with E-state index in [2.05, 4.69) is 10.4 Å². The fraction of sp³-hybridized carbons (Fsp3) is 0.200. The lowest BCUT2D eigenvalue weighted by atomic mass is 10.2. The number of nitrogens with zero attached hydrogens (tertiary/aromatic N) is 2. The van der Waals surface area contributed by atoms with Gasteiger partial charge in [0.2, 0.25) is 0 Å². The Morgan fingerprint density at radius 2 is 1.97 bits per heavy atom. The average Bonchev–Trinajstić information content (AvgIpc) is 2.71. The normalized spacial score (nSPS) is 11.9. The Kier molecular flexibility index (Phi) is 6.74. The SMILES string of the molecule is Cc1ccc(-n2ncc(NCC(O)COc3ccc(F)cc3)c(Cl)c2=O)cc1Cl. The summed E-state index contributed by atoms with van der Waals surface area (Å²) in [5, 5.41) is 17.5. The molecule has 0 spiro atoms. The van der Waals surface area contributed by atoms with Crippen LogP contribution < -0.4 is 15.6 Å². The van der Waals surface area contributed by atoms with Gasteiger partial charge in [0.15, 0.2) is 0 Å². The molecule has 0 fully saturated rings. The van der Waals surface area contributed by atoms with Crippen molar-refractivity contribution in [3.63, 3.8) is 0 Å². The molecule has 3 rings (SSSR count). The van der Waals surface area contributed by atoms with Crippen molar-refractivity contribution in [2.75, 3.05) is 18.5 Å². The molecule has 0 saturated heterocycles. The standard InChI is InChI=1S/C20H18Cl2FN3O3/c1-12-2-5-14(8-17(12)21)26-20(28)19(22)18(10-25-26)24-9-15(27)11-29-16-6-3-13(23)4-7-16/h2-8,10,15,24,27H,9,11H2,1H3. The molecule has 0 aliphatic rings. The second-order valence-electron chi connectivity index (χ2n) is 6.32. The van der Waals surface area contributed by atoms with Crippen LogP contribution in [0.25, 0.3) is 5.69 Å². The van der Waals surface area contributed by atoms with E-state index >= 15 is 0 Å². The van der Waals surface area contributed by atoms with Gasteiger partial charge in [-0.2, -0.15) is 9.78 Å². The molecule has 29 heavy (non-hydrogen) atoms. The predicted octanol–water partition coefficient (Wildman–Crippen LogP) is 3.84. The summed E-state index contributed by atoms with van der Waals surface area (Å²) in [5.41, 5.74) is 1.14. The zero-order chi connectivity index (χ0) is 21.0. The van der Waals surface area contributed by atoms with Crippen LogP contribution in [0.4, 0.5) is 10.1 Å². The summed E-state index contributed by atoms with van der Waals surface area (Å²) < 4.78 is 19.4. The molecule has 0 amide bonds. The van der Waals surface area contributed by atoms with Crippen LogP contribution in [0.5, 0.6) is 5.75 Å². The van der Waals surface area contributed by atoms with Crippen LogP contribution in [0, 0.1) is 12.7 Å². The van der Waals surface area contributed by atoms with E-state index in [1.807, 2.05) is 6.92 Å². The topological polar surface area (TPSA) is 76.4 Å². The molecule has 3 aromatic rings. The minimum absolute atomic E-state index is 0.0252. The van der Waals surface area contributed by atoms with Crippen LogP contribution in [0.2, 0.25) is 10.0 Å². The smallest absolute Gasteiger partial charge is 0.292 e. The molecule has 2 N–H and O–H groups in total. The molecule has 0 saturated carbocycles. The quantitative estimate of drug-likeness (QED) is 0.587. The number of hydrogen-bond acceptors (Lipinski definition) is 5. The summed E-state index contributed by atoms with van der Waals surface area (Å²) in [7, 11) is 0. The van der Waals surface area contributed by atoms with Crippen molar-refractivity contribution in [2.24, 2.45) is 0 Å². The van der Waals surface area contributed by atoms with Gasteiger partial charge in [-0.05, 0) is 48.9 Å². The van der Waals surface area contributed by atoms with Crippen molar-refractivity contribution < 1.29 is 14.2 Å². The maximum absolute atomic E-state index is 12.9. The fourth-order valence-electron chi connectivity index (χ4n) is 2.46. The van der Waals surface area contributed by atoms with Crippen molar-refractivity contribution in [3.8, 4) is 11.4 Å². The highest BCUT2D eigenvalue weighted by Gasteiger charge is 2.13. The van der Waals surface area contributed by atoms with Gasteiger partial charge in [0, 0.05) is 11.6 Å². The molecule has 1 atom stereocenters. The first-order valence-corrected chi connectivity index (χ1v) is 9.45. The molecule has 2 aromatic carbocycles. The fourth-order valence-corrected chi connectivity index (χ4v) is 2.83. The van der Waals surface area contributed by atoms with Crippen LogP contribution in [-0.2, 0) is 0 Å². The summed E-state index contributed by atoms with van der Waals surface area (Å²) in [6.07, 6.45) is 0.500. The van der Waals surface area contributed by atoms with E-state index < -0.39 is 11.7 Å². The molecular weight excluding hydrogens is 420 g/mol. The van der Waals surface area contributed by atoms with Crippen LogP contribution in [0.1, 0.15) is 5.56 Å². The Hall–Kier alpha value is -2.61. The monoisotopic (exact) mass is 437 g/mol. The van der Waals surface area contributed by atoms with Gasteiger partial charge in [0.25, 0.3) is 5.56 Å². The van der Waals surface area contributed by atoms with Gasteiger partial charge < -0.3 is 15.2 Å². The van der Waals surface area contributed by atoms with E-state index in [-0.39, 0.29) is 29.7 Å². The van der Waals surface area contributed by atoms with Crippen molar-refractivity contribution in [1.82, 2.24) is 9.78 Å². The van der Waals surface area contributed by atoms with Gasteiger partial charge in [-0.25, -0.2) is 4.39 Å². The van der Waals surface area contributed by atoms with Crippen molar-refractivity contribution >= 4 is 28.9 Å². The van der Waals surface area contributed by atoms with E-state index in [1.165, 1.54) is 30.5 Å². The van der Waals surface area contributed by atoms with Crippen molar-refractivity contribution in [3.05, 3.63) is 80.4 Å². The van der Waals surface area contributed by atoms with Gasteiger partial charge in [0.1, 0.15) is 29.3 Å². The van der Waals surface area contributed by atoms with Crippen LogP contribution in [0.15, 0.2) is 53.5 Å². The third-order valence-electron chi connectivity index (χ3n) is 4.10. The number of aromatic nitrogens is 2. The van der Waals surface area contributed by atoms with E-state index in [4.69, 9.17) is 27.9 Å². The molecule has 1 heterocycles. The van der Waals surface area contributed by atoms with E-state index in [0.29, 0.717) is 16.5 Å². The Balaban J connectivity index is 1.64. The lowest BCUT2D eigenvalue weighted by Crippen LogP contribution is -2.28. The number of rotatable bonds is 7. The first-order chi connectivity index (χ1) is 13.8. The van der Waals surface area contributed by atoms with Gasteiger partial charge in [-0.3, -0.25) is 4.79 Å². The highest BCUT2D eigenvalue weighted by molar-refractivity contribution is 6.33. The maximum Gasteiger partial charge on any atom is 0.292 e. The highest BCUT2D eigenvalue weighted by Crippen LogP contribution is 2.20. The minimum Gasteiger partial charge on any atom is -0.491 e. The number of anilines is 1. The molecule has 0 bridgehead atoms. The number of hydrogen-bond donors (Lipinski definition) is 2. The average molecular weight is 438 g/mol. The molecular formula is C20H18Cl2FN3O3. The minimum atomic E-state index is -0.894. The van der Waals surface area contributed by atoms with Gasteiger partial charge >= 0.3 is 0 Å². The van der Waals surface area contributed by atoms with Gasteiger partial charge in [0.05, 0.1) is 17.6 Å². The Morgan fingerprint density at radius 1 is 1.24 bits per heavy atom. The van der Waals surface area contributed by atoms with Crippen molar-refractivity contribution in [1.29, 1.82) is 0 Å². The Bertz CT molecular complexity index is 1060. The van der Waals surface area contributed by atoms with Gasteiger partial charge in [-0.1, -0.05) is 29.3 Å². The van der Waals surface area contributed by atoms with Crippen LogP contribution in [-0.4, -0.2) is 34.1 Å².